The summed E-state index contributed by atoms with van der Waals surface area (Å²) in [6.07, 6.45) is 4.16. The SMILES string of the molecule is Cc1cccc([C@H](C2CCC2)N2CCNCC2)n1.Cl.Cl. The molecule has 0 radical (unpaired) electrons. The summed E-state index contributed by atoms with van der Waals surface area (Å²) < 4.78 is 0. The number of halogens is 2. The minimum absolute atomic E-state index is 0. The van der Waals surface area contributed by atoms with E-state index < -0.39 is 0 Å². The summed E-state index contributed by atoms with van der Waals surface area (Å²) in [7, 11) is 0. The zero-order valence-corrected chi connectivity index (χ0v) is 13.7. The predicted molar refractivity (Wildman–Crippen MR) is 88.0 cm³/mol. The Bertz CT molecular complexity index is 404. The molecule has 0 spiro atoms. The van der Waals surface area contributed by atoms with Gasteiger partial charge in [0, 0.05) is 31.9 Å². The van der Waals surface area contributed by atoms with Gasteiger partial charge in [0.05, 0.1) is 11.7 Å². The highest BCUT2D eigenvalue weighted by Crippen LogP contribution is 2.40. The standard InChI is InChI=1S/C15H23N3.2ClH/c1-12-4-2-7-14(17-12)15(13-5-3-6-13)18-10-8-16-9-11-18;;/h2,4,7,13,15-16H,3,5-6,8-11H2,1H3;2*1H/t15-;;/m0../s1. The van der Waals surface area contributed by atoms with E-state index in [2.05, 4.69) is 35.3 Å². The molecule has 114 valence electrons. The topological polar surface area (TPSA) is 28.2 Å². The molecule has 1 saturated heterocycles. The van der Waals surface area contributed by atoms with Crippen LogP contribution in [0.1, 0.15) is 36.7 Å². The quantitative estimate of drug-likeness (QED) is 0.929. The van der Waals surface area contributed by atoms with Gasteiger partial charge in [-0.1, -0.05) is 12.5 Å². The van der Waals surface area contributed by atoms with E-state index in [1.165, 1.54) is 25.0 Å². The van der Waals surface area contributed by atoms with Crippen LogP contribution in [-0.4, -0.2) is 36.1 Å². The van der Waals surface area contributed by atoms with Crippen molar-refractivity contribution in [1.29, 1.82) is 0 Å². The van der Waals surface area contributed by atoms with Gasteiger partial charge in [-0.15, -0.1) is 24.8 Å². The fourth-order valence-electron chi connectivity index (χ4n) is 3.17. The Morgan fingerprint density at radius 1 is 1.20 bits per heavy atom. The molecule has 2 heterocycles. The Morgan fingerprint density at radius 2 is 1.90 bits per heavy atom. The maximum Gasteiger partial charge on any atom is 0.0581 e. The van der Waals surface area contributed by atoms with Crippen molar-refractivity contribution < 1.29 is 0 Å². The van der Waals surface area contributed by atoms with Crippen molar-refractivity contribution in [2.75, 3.05) is 26.2 Å². The zero-order valence-electron chi connectivity index (χ0n) is 12.0. The van der Waals surface area contributed by atoms with Crippen molar-refractivity contribution in [3.05, 3.63) is 29.6 Å². The van der Waals surface area contributed by atoms with E-state index in [9.17, 15) is 0 Å². The van der Waals surface area contributed by atoms with E-state index in [1.807, 2.05) is 0 Å². The lowest BCUT2D eigenvalue weighted by Crippen LogP contribution is -2.48. The van der Waals surface area contributed by atoms with Gasteiger partial charge < -0.3 is 5.32 Å². The summed E-state index contributed by atoms with van der Waals surface area (Å²) in [5.74, 6) is 0.831. The van der Waals surface area contributed by atoms with E-state index in [1.54, 1.807) is 0 Å². The molecule has 3 rings (SSSR count). The molecule has 0 aromatic carbocycles. The van der Waals surface area contributed by atoms with E-state index in [4.69, 9.17) is 4.98 Å². The number of nitrogens with one attached hydrogen (secondary N) is 1. The van der Waals surface area contributed by atoms with Crippen molar-refractivity contribution in [2.45, 2.75) is 32.2 Å². The molecular formula is C15H25Cl2N3. The van der Waals surface area contributed by atoms with Crippen molar-refractivity contribution >= 4 is 24.8 Å². The number of hydrogen-bond acceptors (Lipinski definition) is 3. The fraction of sp³-hybridized carbons (Fsp3) is 0.667. The third kappa shape index (κ3) is 3.85. The number of pyridine rings is 1. The van der Waals surface area contributed by atoms with Gasteiger partial charge in [-0.05, 0) is 37.8 Å². The third-order valence-electron chi connectivity index (χ3n) is 4.35. The van der Waals surface area contributed by atoms with Gasteiger partial charge in [-0.25, -0.2) is 0 Å². The monoisotopic (exact) mass is 317 g/mol. The highest BCUT2D eigenvalue weighted by molar-refractivity contribution is 5.85. The van der Waals surface area contributed by atoms with Gasteiger partial charge >= 0.3 is 0 Å². The van der Waals surface area contributed by atoms with Crippen LogP contribution in [0.15, 0.2) is 18.2 Å². The largest absolute Gasteiger partial charge is 0.314 e. The minimum Gasteiger partial charge on any atom is -0.314 e. The van der Waals surface area contributed by atoms with Gasteiger partial charge in [-0.2, -0.15) is 0 Å². The van der Waals surface area contributed by atoms with Crippen molar-refractivity contribution in [2.24, 2.45) is 5.92 Å². The Kier molecular flexibility index (Phi) is 7.24. The summed E-state index contributed by atoms with van der Waals surface area (Å²) in [5.41, 5.74) is 2.44. The summed E-state index contributed by atoms with van der Waals surface area (Å²) >= 11 is 0. The normalized spacial score (nSPS) is 21.2. The predicted octanol–water partition coefficient (Wildman–Crippen LogP) is 2.98. The molecule has 1 atom stereocenters. The molecule has 1 aromatic rings. The molecular weight excluding hydrogens is 293 g/mol. The van der Waals surface area contributed by atoms with Crippen LogP contribution in [0.4, 0.5) is 0 Å². The molecule has 0 unspecified atom stereocenters. The summed E-state index contributed by atoms with van der Waals surface area (Å²) in [6, 6.07) is 7.03. The molecule has 1 aliphatic carbocycles. The van der Waals surface area contributed by atoms with Gasteiger partial charge in [0.15, 0.2) is 0 Å². The summed E-state index contributed by atoms with van der Waals surface area (Å²) in [4.78, 5) is 7.43. The lowest BCUT2D eigenvalue weighted by atomic mass is 9.77. The van der Waals surface area contributed by atoms with Gasteiger partial charge in [0.2, 0.25) is 0 Å². The number of piperazine rings is 1. The van der Waals surface area contributed by atoms with Crippen LogP contribution in [0.2, 0.25) is 0 Å². The van der Waals surface area contributed by atoms with E-state index in [0.29, 0.717) is 6.04 Å². The first-order valence-corrected chi connectivity index (χ1v) is 7.23. The van der Waals surface area contributed by atoms with Crippen LogP contribution in [0.5, 0.6) is 0 Å². The number of hydrogen-bond donors (Lipinski definition) is 1. The van der Waals surface area contributed by atoms with Gasteiger partial charge in [0.25, 0.3) is 0 Å². The molecule has 0 amide bonds. The average molecular weight is 318 g/mol. The Hall–Kier alpha value is -0.350. The molecule has 1 N–H and O–H groups in total. The second-order valence-electron chi connectivity index (χ2n) is 5.63. The smallest absolute Gasteiger partial charge is 0.0581 e. The van der Waals surface area contributed by atoms with Crippen LogP contribution in [0.25, 0.3) is 0 Å². The summed E-state index contributed by atoms with van der Waals surface area (Å²) in [5, 5.41) is 3.45. The van der Waals surface area contributed by atoms with E-state index in [0.717, 1.165) is 37.8 Å². The highest BCUT2D eigenvalue weighted by atomic mass is 35.5. The first-order chi connectivity index (χ1) is 8.84. The number of aromatic nitrogens is 1. The Labute approximate surface area is 134 Å². The molecule has 5 heteroatoms. The molecule has 1 saturated carbocycles. The summed E-state index contributed by atoms with van der Waals surface area (Å²) in [6.45, 7) is 6.66. The van der Waals surface area contributed by atoms with Crippen molar-refractivity contribution in [3.63, 3.8) is 0 Å². The van der Waals surface area contributed by atoms with Gasteiger partial charge in [0.1, 0.15) is 0 Å². The number of rotatable bonds is 3. The van der Waals surface area contributed by atoms with Crippen LogP contribution in [0.3, 0.4) is 0 Å². The lowest BCUT2D eigenvalue weighted by Gasteiger charge is -2.42. The van der Waals surface area contributed by atoms with Crippen molar-refractivity contribution in [3.8, 4) is 0 Å². The van der Waals surface area contributed by atoms with Gasteiger partial charge in [-0.3, -0.25) is 9.88 Å². The maximum absolute atomic E-state index is 4.79. The molecule has 1 aliphatic heterocycles. The third-order valence-corrected chi connectivity index (χ3v) is 4.35. The van der Waals surface area contributed by atoms with E-state index in [-0.39, 0.29) is 24.8 Å². The van der Waals surface area contributed by atoms with Crippen LogP contribution in [0, 0.1) is 12.8 Å². The van der Waals surface area contributed by atoms with Crippen LogP contribution < -0.4 is 5.32 Å². The molecule has 2 aliphatic rings. The number of aryl methyl sites for hydroxylation is 1. The second-order valence-corrected chi connectivity index (χ2v) is 5.63. The molecule has 1 aromatic heterocycles. The molecule has 3 nitrogen and oxygen atoms in total. The minimum atomic E-state index is 0. The first kappa shape index (κ1) is 17.7. The van der Waals surface area contributed by atoms with Crippen LogP contribution in [-0.2, 0) is 0 Å². The maximum atomic E-state index is 4.79. The molecule has 20 heavy (non-hydrogen) atoms. The number of nitrogens with zero attached hydrogens (tertiary/aromatic N) is 2. The van der Waals surface area contributed by atoms with Crippen molar-refractivity contribution in [1.82, 2.24) is 15.2 Å². The lowest BCUT2D eigenvalue weighted by molar-refractivity contribution is 0.0808. The highest BCUT2D eigenvalue weighted by Gasteiger charge is 2.34. The first-order valence-electron chi connectivity index (χ1n) is 7.23. The molecule has 0 bridgehead atoms. The Morgan fingerprint density at radius 3 is 2.45 bits per heavy atom. The Balaban J connectivity index is 0.000001000. The average Bonchev–Trinajstić information content (AvgIpc) is 2.34. The second kappa shape index (κ2) is 8.18. The fourth-order valence-corrected chi connectivity index (χ4v) is 3.17. The zero-order chi connectivity index (χ0) is 12.4. The van der Waals surface area contributed by atoms with Crippen LogP contribution >= 0.6 is 24.8 Å². The molecule has 2 fully saturated rings. The van der Waals surface area contributed by atoms with E-state index >= 15 is 0 Å².